The maximum atomic E-state index is 12.3. The number of thioether (sulfide) groups is 1. The Morgan fingerprint density at radius 1 is 1.16 bits per heavy atom. The van der Waals surface area contributed by atoms with Crippen molar-refractivity contribution in [2.45, 2.75) is 31.6 Å². The lowest BCUT2D eigenvalue weighted by Crippen LogP contribution is -2.19. The highest BCUT2D eigenvalue weighted by Crippen LogP contribution is 2.33. The van der Waals surface area contributed by atoms with E-state index >= 15 is 0 Å². The van der Waals surface area contributed by atoms with E-state index in [0.29, 0.717) is 23.8 Å². The van der Waals surface area contributed by atoms with Crippen LogP contribution in [0.4, 0.5) is 11.4 Å². The maximum Gasteiger partial charge on any atom is 0.234 e. The van der Waals surface area contributed by atoms with E-state index in [1.807, 2.05) is 30.3 Å². The summed E-state index contributed by atoms with van der Waals surface area (Å²) < 4.78 is 0. The minimum Gasteiger partial charge on any atom is -0.326 e. The molecule has 2 aromatic rings. The highest BCUT2D eigenvalue weighted by molar-refractivity contribution is 8.00. The van der Waals surface area contributed by atoms with Crippen molar-refractivity contribution < 1.29 is 9.59 Å². The second kappa shape index (κ2) is 7.74. The van der Waals surface area contributed by atoms with Gasteiger partial charge in [0.05, 0.1) is 17.9 Å². The van der Waals surface area contributed by atoms with Crippen molar-refractivity contribution in [1.82, 2.24) is 0 Å². The average molecular weight is 354 g/mol. The summed E-state index contributed by atoms with van der Waals surface area (Å²) in [5.41, 5.74) is 3.74. The summed E-state index contributed by atoms with van der Waals surface area (Å²) in [6.45, 7) is 4.39. The molecule has 0 saturated heterocycles. The van der Waals surface area contributed by atoms with Crippen molar-refractivity contribution in [3.63, 3.8) is 0 Å². The monoisotopic (exact) mass is 354 g/mol. The van der Waals surface area contributed by atoms with Crippen molar-refractivity contribution in [3.05, 3.63) is 53.6 Å². The van der Waals surface area contributed by atoms with Crippen LogP contribution in [0.1, 0.15) is 25.0 Å². The van der Waals surface area contributed by atoms with Gasteiger partial charge in [0.1, 0.15) is 0 Å². The Hall–Kier alpha value is -2.27. The quantitative estimate of drug-likeness (QED) is 0.849. The summed E-state index contributed by atoms with van der Waals surface area (Å²) in [5, 5.41) is 5.74. The Balaban J connectivity index is 1.61. The van der Waals surface area contributed by atoms with Crippen molar-refractivity contribution in [2.75, 3.05) is 16.4 Å². The number of fused-ring (bicyclic) bond motifs is 1. The molecule has 2 amide bonds. The number of nitrogens with one attached hydrogen (secondary N) is 2. The third-order valence-electron chi connectivity index (χ3n) is 3.93. The molecule has 0 unspecified atom stereocenters. The smallest absolute Gasteiger partial charge is 0.234 e. The molecule has 3 rings (SSSR count). The molecule has 2 N–H and O–H groups in total. The Bertz CT molecular complexity index is 785. The minimum atomic E-state index is -0.0636. The molecular formula is C20H22N2O2S. The van der Waals surface area contributed by atoms with E-state index < -0.39 is 0 Å². The van der Waals surface area contributed by atoms with Gasteiger partial charge in [-0.15, -0.1) is 11.8 Å². The molecule has 0 fully saturated rings. The van der Waals surface area contributed by atoms with Gasteiger partial charge >= 0.3 is 0 Å². The second-order valence-corrected chi connectivity index (χ2v) is 7.70. The van der Waals surface area contributed by atoms with Crippen molar-refractivity contribution >= 4 is 35.0 Å². The number of carbonyl (C=O) groups is 2. The molecule has 0 aliphatic carbocycles. The first-order chi connectivity index (χ1) is 12.0. The van der Waals surface area contributed by atoms with E-state index in [2.05, 4.69) is 36.6 Å². The highest BCUT2D eigenvalue weighted by Gasteiger charge is 2.16. The zero-order chi connectivity index (χ0) is 17.8. The molecule has 0 spiro atoms. The van der Waals surface area contributed by atoms with Gasteiger partial charge in [0, 0.05) is 10.6 Å². The number of benzene rings is 2. The van der Waals surface area contributed by atoms with Gasteiger partial charge in [0.15, 0.2) is 0 Å². The molecule has 1 aliphatic rings. The van der Waals surface area contributed by atoms with Crippen LogP contribution in [0.2, 0.25) is 0 Å². The summed E-state index contributed by atoms with van der Waals surface area (Å²) in [7, 11) is 0. The molecule has 1 heterocycles. The first-order valence-electron chi connectivity index (χ1n) is 8.44. The van der Waals surface area contributed by atoms with Crippen LogP contribution in [0.3, 0.4) is 0 Å². The van der Waals surface area contributed by atoms with Gasteiger partial charge in [-0.2, -0.15) is 0 Å². The van der Waals surface area contributed by atoms with E-state index in [1.54, 1.807) is 0 Å². The van der Waals surface area contributed by atoms with E-state index in [9.17, 15) is 9.59 Å². The zero-order valence-corrected chi connectivity index (χ0v) is 15.3. The van der Waals surface area contributed by atoms with E-state index in [0.717, 1.165) is 22.6 Å². The van der Waals surface area contributed by atoms with Crippen LogP contribution in [-0.4, -0.2) is 17.6 Å². The summed E-state index contributed by atoms with van der Waals surface area (Å²) in [6.07, 6.45) is 1.38. The van der Waals surface area contributed by atoms with Crippen molar-refractivity contribution in [1.29, 1.82) is 0 Å². The molecule has 5 heteroatoms. The first kappa shape index (κ1) is 17.5. The molecule has 2 aromatic carbocycles. The van der Waals surface area contributed by atoms with Gasteiger partial charge in [0.2, 0.25) is 11.8 Å². The maximum absolute atomic E-state index is 12.3. The molecule has 0 saturated carbocycles. The molecule has 0 radical (unpaired) electrons. The molecule has 0 bridgehead atoms. The van der Waals surface area contributed by atoms with Gasteiger partial charge < -0.3 is 10.6 Å². The van der Waals surface area contributed by atoms with Crippen molar-refractivity contribution in [2.24, 2.45) is 5.92 Å². The number of amides is 2. The third kappa shape index (κ3) is 4.86. The van der Waals surface area contributed by atoms with Crippen LogP contribution in [0.15, 0.2) is 47.4 Å². The van der Waals surface area contributed by atoms with Gasteiger partial charge in [-0.1, -0.05) is 38.1 Å². The van der Waals surface area contributed by atoms with Gasteiger partial charge in [-0.05, 0) is 41.7 Å². The topological polar surface area (TPSA) is 58.2 Å². The molecule has 130 valence electrons. The summed E-state index contributed by atoms with van der Waals surface area (Å²) in [6, 6.07) is 13.8. The lowest BCUT2D eigenvalue weighted by molar-refractivity contribution is -0.115. The fourth-order valence-electron chi connectivity index (χ4n) is 2.82. The van der Waals surface area contributed by atoms with E-state index in [1.165, 1.54) is 17.3 Å². The highest BCUT2D eigenvalue weighted by atomic mass is 32.2. The predicted octanol–water partition coefficient (Wildman–Crippen LogP) is 4.11. The van der Waals surface area contributed by atoms with Crippen LogP contribution in [-0.2, 0) is 22.4 Å². The van der Waals surface area contributed by atoms with Gasteiger partial charge in [-0.3, -0.25) is 9.59 Å². The molecule has 4 nitrogen and oxygen atoms in total. The SMILES string of the molecule is CC(C)Cc1ccc(CC(=O)Nc2ccc3c(c2)NC(=O)CS3)cc1. The summed E-state index contributed by atoms with van der Waals surface area (Å²) in [4.78, 5) is 24.8. The number of hydrogen-bond acceptors (Lipinski definition) is 3. The Morgan fingerprint density at radius 3 is 2.60 bits per heavy atom. The largest absolute Gasteiger partial charge is 0.326 e. The number of hydrogen-bond donors (Lipinski definition) is 2. The number of rotatable bonds is 5. The predicted molar refractivity (Wildman–Crippen MR) is 103 cm³/mol. The lowest BCUT2D eigenvalue weighted by Gasteiger charge is -2.17. The van der Waals surface area contributed by atoms with Crippen LogP contribution in [0, 0.1) is 5.92 Å². The zero-order valence-electron chi connectivity index (χ0n) is 14.5. The summed E-state index contributed by atoms with van der Waals surface area (Å²) in [5.74, 6) is 0.983. The summed E-state index contributed by atoms with van der Waals surface area (Å²) >= 11 is 1.51. The average Bonchev–Trinajstić information content (AvgIpc) is 2.55. The molecule has 0 aromatic heterocycles. The van der Waals surface area contributed by atoms with Gasteiger partial charge in [0.25, 0.3) is 0 Å². The van der Waals surface area contributed by atoms with Crippen LogP contribution >= 0.6 is 11.8 Å². The lowest BCUT2D eigenvalue weighted by atomic mass is 10.0. The Morgan fingerprint density at radius 2 is 1.88 bits per heavy atom. The van der Waals surface area contributed by atoms with Crippen LogP contribution in [0.5, 0.6) is 0 Å². The fourth-order valence-corrected chi connectivity index (χ4v) is 3.60. The fraction of sp³-hybridized carbons (Fsp3) is 0.300. The second-order valence-electron chi connectivity index (χ2n) is 6.69. The first-order valence-corrected chi connectivity index (χ1v) is 9.42. The molecular weight excluding hydrogens is 332 g/mol. The number of carbonyl (C=O) groups excluding carboxylic acids is 2. The van der Waals surface area contributed by atoms with E-state index in [4.69, 9.17) is 0 Å². The molecule has 25 heavy (non-hydrogen) atoms. The van der Waals surface area contributed by atoms with Crippen LogP contribution in [0.25, 0.3) is 0 Å². The minimum absolute atomic E-state index is 0.0116. The number of anilines is 2. The molecule has 0 atom stereocenters. The van der Waals surface area contributed by atoms with Gasteiger partial charge in [-0.25, -0.2) is 0 Å². The van der Waals surface area contributed by atoms with Crippen molar-refractivity contribution in [3.8, 4) is 0 Å². The standard InChI is InChI=1S/C20H22N2O2S/c1-13(2)9-14-3-5-15(6-4-14)10-19(23)21-16-7-8-18-17(11-16)22-20(24)12-25-18/h3-8,11,13H,9-10,12H2,1-2H3,(H,21,23)(H,22,24). The Kier molecular flexibility index (Phi) is 5.43. The molecule has 1 aliphatic heterocycles. The van der Waals surface area contributed by atoms with E-state index in [-0.39, 0.29) is 11.8 Å². The third-order valence-corrected chi connectivity index (χ3v) is 5.00. The normalized spacial score (nSPS) is 13.3. The van der Waals surface area contributed by atoms with Crippen LogP contribution < -0.4 is 10.6 Å². The Labute approximate surface area is 152 Å².